The van der Waals surface area contributed by atoms with Gasteiger partial charge in [0.15, 0.2) is 0 Å². The molecule has 1 aromatic carbocycles. The van der Waals surface area contributed by atoms with Gasteiger partial charge in [-0.1, -0.05) is 38.8 Å². The van der Waals surface area contributed by atoms with Crippen molar-refractivity contribution in [1.29, 1.82) is 0 Å². The summed E-state index contributed by atoms with van der Waals surface area (Å²) in [7, 11) is 0. The molecule has 140 valence electrons. The van der Waals surface area contributed by atoms with Crippen LogP contribution in [0.25, 0.3) is 10.2 Å². The highest BCUT2D eigenvalue weighted by atomic mass is 32.1. The molecule has 0 saturated heterocycles. The molecule has 2 aromatic rings. The fourth-order valence-corrected chi connectivity index (χ4v) is 4.66. The number of carbonyl (C=O) groups is 2. The van der Waals surface area contributed by atoms with E-state index in [1.807, 2.05) is 32.0 Å². The molecule has 6 heteroatoms. The molecule has 2 amide bonds. The quantitative estimate of drug-likeness (QED) is 0.762. The minimum atomic E-state index is -0.0348. The van der Waals surface area contributed by atoms with E-state index in [2.05, 4.69) is 16.7 Å². The zero-order valence-corrected chi connectivity index (χ0v) is 16.3. The van der Waals surface area contributed by atoms with E-state index < -0.39 is 0 Å². The molecule has 26 heavy (non-hydrogen) atoms. The van der Waals surface area contributed by atoms with Crippen LogP contribution in [0.1, 0.15) is 50.5 Å². The molecule has 1 aliphatic rings. The van der Waals surface area contributed by atoms with Gasteiger partial charge in [0.25, 0.3) is 0 Å². The third kappa shape index (κ3) is 4.41. The first-order valence-corrected chi connectivity index (χ1v) is 10.3. The second kappa shape index (κ2) is 8.62. The molecule has 0 spiro atoms. The summed E-state index contributed by atoms with van der Waals surface area (Å²) < 4.78 is 1.18. The van der Waals surface area contributed by atoms with Crippen LogP contribution in [0.15, 0.2) is 24.3 Å². The Hall–Kier alpha value is -1.95. The number of amides is 2. The van der Waals surface area contributed by atoms with E-state index in [9.17, 15) is 9.59 Å². The standard InChI is InChI=1S/C20H27N3O2S/c1-13(2)18(24)21-11-12-22-19(25)14-7-3-4-8-15(14)20-23-16-9-5-6-10-17(16)26-20/h5-6,9-10,13-15H,3-4,7-8,11-12H2,1-2H3,(H,21,24)(H,22,25). The Balaban J connectivity index is 1.61. The van der Waals surface area contributed by atoms with Crippen molar-refractivity contribution < 1.29 is 9.59 Å². The van der Waals surface area contributed by atoms with Gasteiger partial charge in [-0.3, -0.25) is 9.59 Å². The highest BCUT2D eigenvalue weighted by molar-refractivity contribution is 7.18. The van der Waals surface area contributed by atoms with Gasteiger partial charge in [0.2, 0.25) is 11.8 Å². The van der Waals surface area contributed by atoms with E-state index >= 15 is 0 Å². The van der Waals surface area contributed by atoms with Gasteiger partial charge in [-0.25, -0.2) is 4.98 Å². The van der Waals surface area contributed by atoms with Gasteiger partial charge >= 0.3 is 0 Å². The second-order valence-electron chi connectivity index (χ2n) is 7.25. The average Bonchev–Trinajstić information content (AvgIpc) is 3.08. The van der Waals surface area contributed by atoms with Crippen LogP contribution in [0.5, 0.6) is 0 Å². The average molecular weight is 374 g/mol. The Morgan fingerprint density at radius 3 is 2.65 bits per heavy atom. The van der Waals surface area contributed by atoms with Gasteiger partial charge in [0.05, 0.1) is 15.2 Å². The predicted octanol–water partition coefficient (Wildman–Crippen LogP) is 3.46. The minimum Gasteiger partial charge on any atom is -0.354 e. The molecule has 3 rings (SSSR count). The molecule has 1 aliphatic carbocycles. The molecule has 0 bridgehead atoms. The number of hydrogen-bond donors (Lipinski definition) is 2. The third-order valence-electron chi connectivity index (χ3n) is 4.98. The maximum absolute atomic E-state index is 12.7. The molecule has 2 unspecified atom stereocenters. The molecule has 1 heterocycles. The highest BCUT2D eigenvalue weighted by Crippen LogP contribution is 2.40. The summed E-state index contributed by atoms with van der Waals surface area (Å²) in [6, 6.07) is 8.15. The summed E-state index contributed by atoms with van der Waals surface area (Å²) in [4.78, 5) is 29.1. The summed E-state index contributed by atoms with van der Waals surface area (Å²) in [6.07, 6.45) is 4.16. The summed E-state index contributed by atoms with van der Waals surface area (Å²) in [5.41, 5.74) is 1.02. The molecule has 2 atom stereocenters. The number of hydrogen-bond acceptors (Lipinski definition) is 4. The van der Waals surface area contributed by atoms with Crippen molar-refractivity contribution in [3.63, 3.8) is 0 Å². The Morgan fingerprint density at radius 1 is 1.15 bits per heavy atom. The van der Waals surface area contributed by atoms with E-state index in [1.165, 1.54) is 4.70 Å². The van der Waals surface area contributed by atoms with Gasteiger partial charge in [0, 0.05) is 30.8 Å². The summed E-state index contributed by atoms with van der Waals surface area (Å²) >= 11 is 1.71. The van der Waals surface area contributed by atoms with Crippen molar-refractivity contribution in [3.8, 4) is 0 Å². The van der Waals surface area contributed by atoms with Crippen LogP contribution in [-0.2, 0) is 9.59 Å². The molecule has 1 aromatic heterocycles. The maximum Gasteiger partial charge on any atom is 0.223 e. The predicted molar refractivity (Wildman–Crippen MR) is 105 cm³/mol. The normalized spacial score (nSPS) is 20.3. The van der Waals surface area contributed by atoms with Crippen LogP contribution in [0.3, 0.4) is 0 Å². The summed E-state index contributed by atoms with van der Waals surface area (Å²) in [6.45, 7) is 4.67. The number of para-hydroxylation sites is 1. The van der Waals surface area contributed by atoms with Crippen LogP contribution >= 0.6 is 11.3 Å². The first-order chi connectivity index (χ1) is 12.6. The lowest BCUT2D eigenvalue weighted by Gasteiger charge is -2.29. The highest BCUT2D eigenvalue weighted by Gasteiger charge is 2.33. The van der Waals surface area contributed by atoms with Crippen molar-refractivity contribution in [3.05, 3.63) is 29.3 Å². The van der Waals surface area contributed by atoms with Gasteiger partial charge in [-0.15, -0.1) is 11.3 Å². The number of aromatic nitrogens is 1. The zero-order chi connectivity index (χ0) is 18.5. The fraction of sp³-hybridized carbons (Fsp3) is 0.550. The molecule has 1 fully saturated rings. The first-order valence-electron chi connectivity index (χ1n) is 9.47. The number of nitrogens with one attached hydrogen (secondary N) is 2. The fourth-order valence-electron chi connectivity index (χ4n) is 3.50. The van der Waals surface area contributed by atoms with E-state index in [1.54, 1.807) is 11.3 Å². The molecule has 2 N–H and O–H groups in total. The van der Waals surface area contributed by atoms with E-state index in [0.717, 1.165) is 36.2 Å². The van der Waals surface area contributed by atoms with Gasteiger partial charge in [-0.2, -0.15) is 0 Å². The molecule has 1 saturated carbocycles. The largest absolute Gasteiger partial charge is 0.354 e. The molecule has 0 radical (unpaired) electrons. The second-order valence-corrected chi connectivity index (χ2v) is 8.32. The van der Waals surface area contributed by atoms with Crippen LogP contribution in [0.2, 0.25) is 0 Å². The van der Waals surface area contributed by atoms with E-state index in [-0.39, 0.29) is 29.6 Å². The van der Waals surface area contributed by atoms with Gasteiger partial charge in [-0.05, 0) is 25.0 Å². The third-order valence-corrected chi connectivity index (χ3v) is 6.15. The number of carbonyl (C=O) groups excluding carboxylic acids is 2. The lowest BCUT2D eigenvalue weighted by atomic mass is 9.79. The molecular weight excluding hydrogens is 346 g/mol. The Labute approximate surface area is 158 Å². The number of nitrogens with zero attached hydrogens (tertiary/aromatic N) is 1. The number of fused-ring (bicyclic) bond motifs is 1. The van der Waals surface area contributed by atoms with Gasteiger partial charge in [0.1, 0.15) is 0 Å². The lowest BCUT2D eigenvalue weighted by Crippen LogP contribution is -2.40. The lowest BCUT2D eigenvalue weighted by molar-refractivity contribution is -0.127. The van der Waals surface area contributed by atoms with Crippen LogP contribution in [-0.4, -0.2) is 29.9 Å². The van der Waals surface area contributed by atoms with Crippen molar-refractivity contribution >= 4 is 33.4 Å². The van der Waals surface area contributed by atoms with Crippen LogP contribution < -0.4 is 10.6 Å². The Bertz CT molecular complexity index is 738. The van der Waals surface area contributed by atoms with Crippen molar-refractivity contribution in [2.75, 3.05) is 13.1 Å². The van der Waals surface area contributed by atoms with E-state index in [0.29, 0.717) is 13.1 Å². The Kier molecular flexibility index (Phi) is 6.25. The smallest absolute Gasteiger partial charge is 0.223 e. The molecule has 5 nitrogen and oxygen atoms in total. The van der Waals surface area contributed by atoms with Gasteiger partial charge < -0.3 is 10.6 Å². The monoisotopic (exact) mass is 373 g/mol. The topological polar surface area (TPSA) is 71.1 Å². The maximum atomic E-state index is 12.7. The van der Waals surface area contributed by atoms with Crippen LogP contribution in [0.4, 0.5) is 0 Å². The number of benzene rings is 1. The van der Waals surface area contributed by atoms with Crippen molar-refractivity contribution in [1.82, 2.24) is 15.6 Å². The zero-order valence-electron chi connectivity index (χ0n) is 15.5. The SMILES string of the molecule is CC(C)C(=O)NCCNC(=O)C1CCCCC1c1nc2ccccc2s1. The molecule has 0 aliphatic heterocycles. The number of thiazole rings is 1. The van der Waals surface area contributed by atoms with E-state index in [4.69, 9.17) is 4.98 Å². The molecular formula is C20H27N3O2S. The van der Waals surface area contributed by atoms with Crippen molar-refractivity contribution in [2.24, 2.45) is 11.8 Å². The Morgan fingerprint density at radius 2 is 1.88 bits per heavy atom. The minimum absolute atomic E-state index is 0.0178. The summed E-state index contributed by atoms with van der Waals surface area (Å²) in [5, 5.41) is 6.92. The number of rotatable bonds is 6. The van der Waals surface area contributed by atoms with Crippen molar-refractivity contribution in [2.45, 2.75) is 45.4 Å². The summed E-state index contributed by atoms with van der Waals surface area (Å²) in [5.74, 6) is 0.251. The van der Waals surface area contributed by atoms with Crippen LogP contribution in [0, 0.1) is 11.8 Å². The first kappa shape index (κ1) is 18.8.